The van der Waals surface area contributed by atoms with Crippen molar-refractivity contribution in [3.8, 4) is 0 Å². The average molecular weight is 236 g/mol. The molecular weight excluding hydrogens is 208 g/mol. The molecule has 98 valence electrons. The van der Waals surface area contributed by atoms with Crippen molar-refractivity contribution in [3.05, 3.63) is 0 Å². The van der Waals surface area contributed by atoms with Gasteiger partial charge in [-0.15, -0.1) is 0 Å². The largest absolute Gasteiger partial charge is 0.314 e. The molecule has 0 aromatic heterocycles. The van der Waals surface area contributed by atoms with E-state index in [1.165, 1.54) is 51.4 Å². The summed E-state index contributed by atoms with van der Waals surface area (Å²) in [7, 11) is 0. The molecule has 0 aromatic carbocycles. The molecule has 17 heavy (non-hydrogen) atoms. The maximum absolute atomic E-state index is 3.68. The van der Waals surface area contributed by atoms with Crippen LogP contribution in [0.4, 0.5) is 0 Å². The predicted octanol–water partition coefficient (Wildman–Crippen LogP) is 2.92. The minimum absolute atomic E-state index is 0.628. The maximum Gasteiger partial charge on any atom is 0.0212 e. The Balaban J connectivity index is 1.72. The number of fused-ring (bicyclic) bond motifs is 2. The van der Waals surface area contributed by atoms with E-state index in [2.05, 4.69) is 24.1 Å². The summed E-state index contributed by atoms with van der Waals surface area (Å²) < 4.78 is 0. The van der Waals surface area contributed by atoms with Crippen LogP contribution in [0.3, 0.4) is 0 Å². The van der Waals surface area contributed by atoms with Gasteiger partial charge in [0.2, 0.25) is 0 Å². The Morgan fingerprint density at radius 3 is 2.18 bits per heavy atom. The maximum atomic E-state index is 3.68. The van der Waals surface area contributed by atoms with Crippen LogP contribution in [0, 0.1) is 0 Å². The van der Waals surface area contributed by atoms with Crippen LogP contribution >= 0.6 is 0 Å². The molecule has 2 unspecified atom stereocenters. The fourth-order valence-corrected chi connectivity index (χ4v) is 4.79. The highest BCUT2D eigenvalue weighted by molar-refractivity contribution is 5.08. The molecule has 0 radical (unpaired) electrons. The van der Waals surface area contributed by atoms with Gasteiger partial charge in [0.25, 0.3) is 0 Å². The third-order valence-electron chi connectivity index (χ3n) is 5.72. The number of hydrogen-bond donors (Lipinski definition) is 1. The minimum Gasteiger partial charge on any atom is -0.314 e. The summed E-state index contributed by atoms with van der Waals surface area (Å²) in [6.07, 6.45) is 11.6. The van der Waals surface area contributed by atoms with Crippen LogP contribution in [-0.4, -0.2) is 35.1 Å². The lowest BCUT2D eigenvalue weighted by atomic mass is 9.71. The summed E-state index contributed by atoms with van der Waals surface area (Å²) >= 11 is 0. The van der Waals surface area contributed by atoms with Gasteiger partial charge in [0, 0.05) is 23.7 Å². The topological polar surface area (TPSA) is 15.3 Å². The lowest BCUT2D eigenvalue weighted by molar-refractivity contribution is -0.0507. The molecule has 0 amide bonds. The highest BCUT2D eigenvalue weighted by Crippen LogP contribution is 2.49. The van der Waals surface area contributed by atoms with Gasteiger partial charge in [0.15, 0.2) is 0 Å². The lowest BCUT2D eigenvalue weighted by Gasteiger charge is -2.56. The first-order valence-corrected chi connectivity index (χ1v) is 7.81. The van der Waals surface area contributed by atoms with Crippen LogP contribution in [0.1, 0.15) is 65.2 Å². The van der Waals surface area contributed by atoms with Crippen molar-refractivity contribution in [2.45, 2.75) is 88.9 Å². The molecule has 2 aliphatic heterocycles. The average Bonchev–Trinajstić information content (AvgIpc) is 2.54. The number of hydrogen-bond acceptors (Lipinski definition) is 2. The highest BCUT2D eigenvalue weighted by atomic mass is 15.3. The molecule has 0 spiro atoms. The fourth-order valence-electron chi connectivity index (χ4n) is 4.79. The summed E-state index contributed by atoms with van der Waals surface area (Å²) in [6.45, 7) is 5.80. The van der Waals surface area contributed by atoms with Crippen LogP contribution in [0.15, 0.2) is 0 Å². The van der Waals surface area contributed by atoms with Crippen molar-refractivity contribution >= 4 is 0 Å². The standard InChI is InChI=1S/C15H28N2/c1-3-15(8-5-9-15)17-13-6-7-14(17)11-12(10-13)16-4-2/h12-14,16H,3-11H2,1-2H3. The summed E-state index contributed by atoms with van der Waals surface area (Å²) in [4.78, 5) is 2.98. The van der Waals surface area contributed by atoms with E-state index in [9.17, 15) is 0 Å². The lowest BCUT2D eigenvalue weighted by Crippen LogP contribution is -2.62. The Morgan fingerprint density at radius 1 is 1.12 bits per heavy atom. The molecule has 2 heterocycles. The highest BCUT2D eigenvalue weighted by Gasteiger charge is 2.51. The number of nitrogens with zero attached hydrogens (tertiary/aromatic N) is 1. The summed E-state index contributed by atoms with van der Waals surface area (Å²) in [5, 5.41) is 3.68. The van der Waals surface area contributed by atoms with Gasteiger partial charge in [0.1, 0.15) is 0 Å². The third-order valence-corrected chi connectivity index (χ3v) is 5.72. The van der Waals surface area contributed by atoms with Crippen molar-refractivity contribution < 1.29 is 0 Å². The molecule has 2 bridgehead atoms. The molecule has 2 nitrogen and oxygen atoms in total. The molecule has 2 atom stereocenters. The molecule has 0 aromatic rings. The third kappa shape index (κ3) is 1.84. The van der Waals surface area contributed by atoms with Gasteiger partial charge in [-0.1, -0.05) is 13.8 Å². The fraction of sp³-hybridized carbons (Fsp3) is 1.00. The molecule has 3 aliphatic rings. The van der Waals surface area contributed by atoms with E-state index in [1.54, 1.807) is 0 Å². The van der Waals surface area contributed by atoms with Gasteiger partial charge >= 0.3 is 0 Å². The summed E-state index contributed by atoms with van der Waals surface area (Å²) in [6, 6.07) is 2.61. The monoisotopic (exact) mass is 236 g/mol. The predicted molar refractivity (Wildman–Crippen MR) is 72.2 cm³/mol. The second-order valence-corrected chi connectivity index (χ2v) is 6.45. The molecule has 1 aliphatic carbocycles. The quantitative estimate of drug-likeness (QED) is 0.807. The molecule has 3 fully saturated rings. The van der Waals surface area contributed by atoms with E-state index in [0.29, 0.717) is 5.54 Å². The summed E-state index contributed by atoms with van der Waals surface area (Å²) in [5.74, 6) is 0. The Labute approximate surface area is 106 Å². The normalized spacial score (nSPS) is 40.2. The van der Waals surface area contributed by atoms with E-state index < -0.39 is 0 Å². The Kier molecular flexibility index (Phi) is 3.20. The van der Waals surface area contributed by atoms with E-state index in [1.807, 2.05) is 0 Å². The number of piperidine rings is 1. The van der Waals surface area contributed by atoms with Crippen LogP contribution < -0.4 is 5.32 Å². The van der Waals surface area contributed by atoms with Gasteiger partial charge < -0.3 is 5.32 Å². The Hall–Kier alpha value is -0.0800. The van der Waals surface area contributed by atoms with Crippen LogP contribution in [0.2, 0.25) is 0 Å². The van der Waals surface area contributed by atoms with Gasteiger partial charge in [0.05, 0.1) is 0 Å². The van der Waals surface area contributed by atoms with E-state index in [-0.39, 0.29) is 0 Å². The minimum atomic E-state index is 0.628. The first-order chi connectivity index (χ1) is 8.29. The van der Waals surface area contributed by atoms with Gasteiger partial charge in [-0.25, -0.2) is 0 Å². The van der Waals surface area contributed by atoms with Gasteiger partial charge in [-0.3, -0.25) is 4.90 Å². The summed E-state index contributed by atoms with van der Waals surface area (Å²) in [5.41, 5.74) is 0.628. The number of nitrogens with one attached hydrogen (secondary N) is 1. The van der Waals surface area contributed by atoms with Crippen LogP contribution in [0.25, 0.3) is 0 Å². The molecule has 2 saturated heterocycles. The zero-order valence-electron chi connectivity index (χ0n) is 11.5. The first-order valence-electron chi connectivity index (χ1n) is 7.81. The van der Waals surface area contributed by atoms with E-state index in [4.69, 9.17) is 0 Å². The number of rotatable bonds is 4. The molecule has 3 rings (SSSR count). The Bertz CT molecular complexity index is 253. The molecule has 1 N–H and O–H groups in total. The van der Waals surface area contributed by atoms with Crippen LogP contribution in [0.5, 0.6) is 0 Å². The van der Waals surface area contributed by atoms with Gasteiger partial charge in [-0.05, 0) is 57.9 Å². The Morgan fingerprint density at radius 2 is 1.76 bits per heavy atom. The molecule has 1 saturated carbocycles. The zero-order valence-corrected chi connectivity index (χ0v) is 11.5. The van der Waals surface area contributed by atoms with Crippen molar-refractivity contribution in [1.82, 2.24) is 10.2 Å². The van der Waals surface area contributed by atoms with Gasteiger partial charge in [-0.2, -0.15) is 0 Å². The smallest absolute Gasteiger partial charge is 0.0212 e. The van der Waals surface area contributed by atoms with Crippen LogP contribution in [-0.2, 0) is 0 Å². The molecule has 2 heteroatoms. The SMILES string of the molecule is CCNC1CC2CCC(C1)N2C1(CC)CCC1. The van der Waals surface area contributed by atoms with Crippen molar-refractivity contribution in [3.63, 3.8) is 0 Å². The van der Waals surface area contributed by atoms with Crippen molar-refractivity contribution in [2.24, 2.45) is 0 Å². The van der Waals surface area contributed by atoms with E-state index >= 15 is 0 Å². The second kappa shape index (κ2) is 4.55. The second-order valence-electron chi connectivity index (χ2n) is 6.45. The molecular formula is C15H28N2. The zero-order chi connectivity index (χ0) is 11.9. The van der Waals surface area contributed by atoms with Crippen molar-refractivity contribution in [1.29, 1.82) is 0 Å². The van der Waals surface area contributed by atoms with E-state index in [0.717, 1.165) is 24.7 Å². The van der Waals surface area contributed by atoms with Crippen molar-refractivity contribution in [2.75, 3.05) is 6.54 Å². The first kappa shape index (κ1) is 12.0.